The Labute approximate surface area is 121 Å². The van der Waals surface area contributed by atoms with Crippen LogP contribution >= 0.6 is 0 Å². The van der Waals surface area contributed by atoms with Crippen molar-refractivity contribution in [2.75, 3.05) is 19.6 Å². The number of nitrogens with zero attached hydrogens (tertiary/aromatic N) is 1. The van der Waals surface area contributed by atoms with Crippen LogP contribution in [0.4, 0.5) is 0 Å². The maximum atomic E-state index is 6.25. The minimum Gasteiger partial charge on any atom is -0.329 e. The van der Waals surface area contributed by atoms with E-state index in [9.17, 15) is 0 Å². The lowest BCUT2D eigenvalue weighted by Crippen LogP contribution is -2.57. The van der Waals surface area contributed by atoms with E-state index in [4.69, 9.17) is 5.73 Å². The Kier molecular flexibility index (Phi) is 6.82. The zero-order valence-electron chi connectivity index (χ0n) is 13.9. The van der Waals surface area contributed by atoms with Gasteiger partial charge in [-0.05, 0) is 37.1 Å². The van der Waals surface area contributed by atoms with E-state index in [2.05, 4.69) is 39.5 Å². The molecule has 0 radical (unpaired) electrons. The predicted octanol–water partition coefficient (Wildman–Crippen LogP) is 3.90. The number of likely N-dealkylation sites (N-methyl/N-ethyl adjacent to an activating group) is 1. The Bertz CT molecular complexity index is 252. The molecule has 1 aliphatic carbocycles. The van der Waals surface area contributed by atoms with Crippen LogP contribution in [0, 0.1) is 17.8 Å². The van der Waals surface area contributed by atoms with Crippen molar-refractivity contribution in [3.05, 3.63) is 0 Å². The van der Waals surface area contributed by atoms with Crippen molar-refractivity contribution in [3.8, 4) is 0 Å². The third-order valence-corrected chi connectivity index (χ3v) is 5.46. The summed E-state index contributed by atoms with van der Waals surface area (Å²) in [6, 6.07) is 0. The van der Waals surface area contributed by atoms with E-state index < -0.39 is 0 Å². The van der Waals surface area contributed by atoms with E-state index in [1.807, 2.05) is 0 Å². The van der Waals surface area contributed by atoms with Gasteiger partial charge < -0.3 is 5.73 Å². The van der Waals surface area contributed by atoms with E-state index in [1.165, 1.54) is 38.6 Å². The molecule has 0 amide bonds. The molecule has 0 aromatic carbocycles. The third-order valence-electron chi connectivity index (χ3n) is 5.46. The molecule has 3 unspecified atom stereocenters. The number of rotatable bonds is 7. The van der Waals surface area contributed by atoms with E-state index >= 15 is 0 Å². The van der Waals surface area contributed by atoms with Crippen LogP contribution in [0.15, 0.2) is 0 Å². The summed E-state index contributed by atoms with van der Waals surface area (Å²) in [5.41, 5.74) is 6.54. The van der Waals surface area contributed by atoms with E-state index in [0.717, 1.165) is 30.8 Å². The van der Waals surface area contributed by atoms with Crippen molar-refractivity contribution < 1.29 is 0 Å². The van der Waals surface area contributed by atoms with Crippen molar-refractivity contribution >= 4 is 0 Å². The normalized spacial score (nSPS) is 30.0. The van der Waals surface area contributed by atoms with Gasteiger partial charge in [0.15, 0.2) is 0 Å². The molecule has 0 aromatic heterocycles. The lowest BCUT2D eigenvalue weighted by atomic mass is 9.70. The lowest BCUT2D eigenvalue weighted by Gasteiger charge is -2.49. The van der Waals surface area contributed by atoms with Gasteiger partial charge in [-0.1, -0.05) is 53.9 Å². The Morgan fingerprint density at radius 3 is 2.42 bits per heavy atom. The van der Waals surface area contributed by atoms with Crippen molar-refractivity contribution in [2.45, 2.75) is 72.3 Å². The molecule has 0 spiro atoms. The minimum atomic E-state index is 0.283. The van der Waals surface area contributed by atoms with Crippen molar-refractivity contribution in [2.24, 2.45) is 23.5 Å². The Morgan fingerprint density at radius 2 is 1.95 bits per heavy atom. The standard InChI is InChI=1S/C17H36N2/c1-6-15(5)12-19(7-2)17(13-18)10-8-9-16(11-17)14(3)4/h14-16H,6-13,18H2,1-5H3. The second-order valence-corrected chi connectivity index (χ2v) is 7.08. The van der Waals surface area contributed by atoms with Gasteiger partial charge in [0, 0.05) is 18.6 Å². The largest absolute Gasteiger partial charge is 0.329 e. The molecule has 0 aromatic rings. The van der Waals surface area contributed by atoms with Gasteiger partial charge in [0.2, 0.25) is 0 Å². The summed E-state index contributed by atoms with van der Waals surface area (Å²) in [5, 5.41) is 0. The maximum absolute atomic E-state index is 6.25. The summed E-state index contributed by atoms with van der Waals surface area (Å²) in [4.78, 5) is 2.70. The SMILES string of the molecule is CCC(C)CN(CC)C1(CN)CCCC(C(C)C)C1. The fraction of sp³-hybridized carbons (Fsp3) is 1.00. The van der Waals surface area contributed by atoms with Gasteiger partial charge in [0.25, 0.3) is 0 Å². The Morgan fingerprint density at radius 1 is 1.26 bits per heavy atom. The first kappa shape index (κ1) is 17.0. The van der Waals surface area contributed by atoms with Gasteiger partial charge in [-0.15, -0.1) is 0 Å². The topological polar surface area (TPSA) is 29.3 Å². The Balaban J connectivity index is 2.81. The summed E-state index contributed by atoms with van der Waals surface area (Å²) in [6.45, 7) is 14.9. The first-order valence-corrected chi connectivity index (χ1v) is 8.44. The van der Waals surface area contributed by atoms with Gasteiger partial charge in [0.1, 0.15) is 0 Å². The quantitative estimate of drug-likeness (QED) is 0.759. The highest BCUT2D eigenvalue weighted by molar-refractivity contribution is 4.97. The third kappa shape index (κ3) is 4.19. The van der Waals surface area contributed by atoms with Crippen molar-refractivity contribution in [3.63, 3.8) is 0 Å². The molecule has 1 aliphatic rings. The van der Waals surface area contributed by atoms with Crippen LogP contribution in [0.3, 0.4) is 0 Å². The summed E-state index contributed by atoms with van der Waals surface area (Å²) < 4.78 is 0. The first-order chi connectivity index (χ1) is 8.99. The van der Waals surface area contributed by atoms with Crippen molar-refractivity contribution in [1.82, 2.24) is 4.90 Å². The van der Waals surface area contributed by atoms with Crippen LogP contribution in [0.25, 0.3) is 0 Å². The van der Waals surface area contributed by atoms with Crippen LogP contribution in [0.2, 0.25) is 0 Å². The lowest BCUT2D eigenvalue weighted by molar-refractivity contribution is 0.0194. The maximum Gasteiger partial charge on any atom is 0.0334 e. The van der Waals surface area contributed by atoms with Crippen LogP contribution in [-0.4, -0.2) is 30.1 Å². The molecule has 1 rings (SSSR count). The molecule has 2 heteroatoms. The molecular weight excluding hydrogens is 232 g/mol. The summed E-state index contributed by atoms with van der Waals surface area (Å²) in [5.74, 6) is 2.44. The monoisotopic (exact) mass is 268 g/mol. The highest BCUT2D eigenvalue weighted by Crippen LogP contribution is 2.39. The summed E-state index contributed by atoms with van der Waals surface area (Å²) in [7, 11) is 0. The molecule has 1 fully saturated rings. The van der Waals surface area contributed by atoms with E-state index in [0.29, 0.717) is 0 Å². The summed E-state index contributed by atoms with van der Waals surface area (Å²) in [6.07, 6.45) is 6.64. The fourth-order valence-electron chi connectivity index (χ4n) is 3.72. The molecule has 0 bridgehead atoms. The van der Waals surface area contributed by atoms with Crippen LogP contribution in [0.1, 0.15) is 66.7 Å². The zero-order chi connectivity index (χ0) is 14.5. The van der Waals surface area contributed by atoms with Gasteiger partial charge in [-0.3, -0.25) is 4.90 Å². The first-order valence-electron chi connectivity index (χ1n) is 8.44. The molecule has 1 saturated carbocycles. The fourth-order valence-corrected chi connectivity index (χ4v) is 3.72. The van der Waals surface area contributed by atoms with Gasteiger partial charge >= 0.3 is 0 Å². The van der Waals surface area contributed by atoms with E-state index in [1.54, 1.807) is 0 Å². The second-order valence-electron chi connectivity index (χ2n) is 7.08. The average molecular weight is 268 g/mol. The smallest absolute Gasteiger partial charge is 0.0334 e. The molecular formula is C17H36N2. The van der Waals surface area contributed by atoms with Gasteiger partial charge in [0.05, 0.1) is 0 Å². The molecule has 114 valence electrons. The molecule has 2 nitrogen and oxygen atoms in total. The predicted molar refractivity (Wildman–Crippen MR) is 85.3 cm³/mol. The Hall–Kier alpha value is -0.0800. The molecule has 0 heterocycles. The van der Waals surface area contributed by atoms with Crippen LogP contribution < -0.4 is 5.73 Å². The molecule has 0 aliphatic heterocycles. The zero-order valence-corrected chi connectivity index (χ0v) is 13.9. The molecule has 19 heavy (non-hydrogen) atoms. The number of hydrogen-bond donors (Lipinski definition) is 1. The number of nitrogens with two attached hydrogens (primary N) is 1. The average Bonchev–Trinajstić information content (AvgIpc) is 2.44. The summed E-state index contributed by atoms with van der Waals surface area (Å²) >= 11 is 0. The molecule has 2 N–H and O–H groups in total. The highest BCUT2D eigenvalue weighted by Gasteiger charge is 2.40. The molecule has 0 saturated heterocycles. The van der Waals surface area contributed by atoms with Gasteiger partial charge in [-0.25, -0.2) is 0 Å². The molecule has 3 atom stereocenters. The minimum absolute atomic E-state index is 0.283. The van der Waals surface area contributed by atoms with Crippen LogP contribution in [-0.2, 0) is 0 Å². The van der Waals surface area contributed by atoms with Gasteiger partial charge in [-0.2, -0.15) is 0 Å². The highest BCUT2D eigenvalue weighted by atomic mass is 15.2. The second kappa shape index (κ2) is 7.64. The van der Waals surface area contributed by atoms with Crippen LogP contribution in [0.5, 0.6) is 0 Å². The van der Waals surface area contributed by atoms with E-state index in [-0.39, 0.29) is 5.54 Å². The van der Waals surface area contributed by atoms with Crippen molar-refractivity contribution in [1.29, 1.82) is 0 Å². The number of hydrogen-bond acceptors (Lipinski definition) is 2.